The molecule has 2 saturated heterocycles. The predicted molar refractivity (Wildman–Crippen MR) is 77.7 cm³/mol. The maximum atomic E-state index is 12.2. The van der Waals surface area contributed by atoms with Crippen molar-refractivity contribution in [1.82, 2.24) is 9.62 Å². The van der Waals surface area contributed by atoms with Gasteiger partial charge in [-0.3, -0.25) is 0 Å². The lowest BCUT2D eigenvalue weighted by Gasteiger charge is -2.36. The second kappa shape index (κ2) is 4.99. The smallest absolute Gasteiger partial charge is 0.410 e. The fourth-order valence-electron chi connectivity index (χ4n) is 2.98. The van der Waals surface area contributed by atoms with Crippen LogP contribution >= 0.6 is 0 Å². The van der Waals surface area contributed by atoms with E-state index < -0.39 is 15.6 Å². The number of furan rings is 1. The Labute approximate surface area is 129 Å². The highest BCUT2D eigenvalue weighted by molar-refractivity contribution is 7.89. The first-order valence-corrected chi connectivity index (χ1v) is 8.71. The molecule has 3 aliphatic rings. The number of carbonyl (C=O) groups excluding carboxylic acids is 1. The minimum absolute atomic E-state index is 0.109. The van der Waals surface area contributed by atoms with Gasteiger partial charge in [0.2, 0.25) is 5.09 Å². The number of ether oxygens (including phenoxy) is 1. The second-order valence-corrected chi connectivity index (χ2v) is 8.42. The van der Waals surface area contributed by atoms with Crippen molar-refractivity contribution in [2.75, 3.05) is 6.54 Å². The summed E-state index contributed by atoms with van der Waals surface area (Å²) in [6.45, 7) is 5.94. The average molecular weight is 328 g/mol. The van der Waals surface area contributed by atoms with Crippen LogP contribution in [0.3, 0.4) is 0 Å². The Hall–Kier alpha value is -1.54. The minimum atomic E-state index is -3.68. The van der Waals surface area contributed by atoms with E-state index in [9.17, 15) is 13.2 Å². The summed E-state index contributed by atoms with van der Waals surface area (Å²) in [7, 11) is -3.68. The minimum Gasteiger partial charge on any atom is -0.452 e. The van der Waals surface area contributed by atoms with Gasteiger partial charge in [0.05, 0.1) is 12.3 Å². The van der Waals surface area contributed by atoms with Gasteiger partial charge in [-0.15, -0.1) is 0 Å². The van der Waals surface area contributed by atoms with Crippen LogP contribution in [0.4, 0.5) is 4.79 Å². The van der Waals surface area contributed by atoms with Gasteiger partial charge in [0.15, 0.2) is 0 Å². The zero-order valence-electron chi connectivity index (χ0n) is 12.8. The highest BCUT2D eigenvalue weighted by atomic mass is 32.2. The Morgan fingerprint density at radius 2 is 2.18 bits per heavy atom. The third-order valence-electron chi connectivity index (χ3n) is 3.98. The van der Waals surface area contributed by atoms with Crippen LogP contribution in [0.15, 0.2) is 27.9 Å². The maximum absolute atomic E-state index is 12.2. The topological polar surface area (TPSA) is 88.9 Å². The van der Waals surface area contributed by atoms with Gasteiger partial charge in [-0.2, -0.15) is 0 Å². The molecule has 0 unspecified atom stereocenters. The SMILES string of the molecule is CC(C)(C)OC(=O)N1C[C@H]2C[C@H]1[C@@H]2NS(=O)(=O)c1ccco1. The van der Waals surface area contributed by atoms with Crippen molar-refractivity contribution >= 4 is 16.1 Å². The molecule has 4 rings (SSSR count). The molecule has 2 aliphatic heterocycles. The molecule has 1 saturated carbocycles. The number of hydrogen-bond donors (Lipinski definition) is 1. The Morgan fingerprint density at radius 1 is 1.45 bits per heavy atom. The fourth-order valence-corrected chi connectivity index (χ4v) is 4.24. The summed E-state index contributed by atoms with van der Waals surface area (Å²) >= 11 is 0. The lowest BCUT2D eigenvalue weighted by atomic mass is 9.81. The van der Waals surface area contributed by atoms with E-state index in [2.05, 4.69) is 4.72 Å². The molecule has 2 bridgehead atoms. The number of nitrogens with one attached hydrogen (secondary N) is 1. The van der Waals surface area contributed by atoms with E-state index in [1.165, 1.54) is 18.4 Å². The van der Waals surface area contributed by atoms with Gasteiger partial charge < -0.3 is 14.1 Å². The third-order valence-corrected chi connectivity index (χ3v) is 5.32. The molecule has 0 radical (unpaired) electrons. The van der Waals surface area contributed by atoms with Crippen molar-refractivity contribution in [3.05, 3.63) is 18.4 Å². The van der Waals surface area contributed by atoms with Crippen LogP contribution in [0.5, 0.6) is 0 Å². The average Bonchev–Trinajstić information content (AvgIpc) is 3.07. The highest BCUT2D eigenvalue weighted by Crippen LogP contribution is 2.42. The molecule has 7 nitrogen and oxygen atoms in total. The van der Waals surface area contributed by atoms with Crippen molar-refractivity contribution in [2.24, 2.45) is 5.92 Å². The Balaban J connectivity index is 1.67. The summed E-state index contributed by atoms with van der Waals surface area (Å²) in [5, 5.41) is -0.109. The van der Waals surface area contributed by atoms with Gasteiger partial charge in [-0.25, -0.2) is 17.9 Å². The molecule has 0 spiro atoms. The Morgan fingerprint density at radius 3 is 2.77 bits per heavy atom. The van der Waals surface area contributed by atoms with Crippen molar-refractivity contribution in [3.63, 3.8) is 0 Å². The zero-order chi connectivity index (χ0) is 16.1. The third kappa shape index (κ3) is 2.72. The standard InChI is InChI=1S/C14H20N2O5S/c1-14(2,3)21-13(17)16-8-9-7-10(16)12(9)15-22(18,19)11-5-4-6-20-11/h4-6,9-10,12,15H,7-8H2,1-3H3/t9-,10+,12-/m1/s1. The molecule has 0 aromatic carbocycles. The van der Waals surface area contributed by atoms with Crippen LogP contribution in [0.1, 0.15) is 27.2 Å². The van der Waals surface area contributed by atoms with Crippen molar-refractivity contribution < 1.29 is 22.4 Å². The summed E-state index contributed by atoms with van der Waals surface area (Å²) in [5.41, 5.74) is -0.562. The summed E-state index contributed by atoms with van der Waals surface area (Å²) in [6, 6.07) is 2.50. The van der Waals surface area contributed by atoms with Gasteiger partial charge in [0, 0.05) is 12.6 Å². The van der Waals surface area contributed by atoms with Crippen molar-refractivity contribution in [3.8, 4) is 0 Å². The molecule has 1 amide bonds. The number of sulfonamides is 1. The molecule has 1 aromatic heterocycles. The molecular formula is C14H20N2O5S. The molecule has 1 aromatic rings. The quantitative estimate of drug-likeness (QED) is 0.909. The van der Waals surface area contributed by atoms with Crippen LogP contribution in [0.2, 0.25) is 0 Å². The molecule has 22 heavy (non-hydrogen) atoms. The monoisotopic (exact) mass is 328 g/mol. The van der Waals surface area contributed by atoms with E-state index in [-0.39, 0.29) is 29.2 Å². The van der Waals surface area contributed by atoms with Crippen LogP contribution in [-0.4, -0.2) is 43.6 Å². The number of nitrogens with zero attached hydrogens (tertiary/aromatic N) is 1. The zero-order valence-corrected chi connectivity index (χ0v) is 13.6. The molecular weight excluding hydrogens is 308 g/mol. The largest absolute Gasteiger partial charge is 0.452 e. The van der Waals surface area contributed by atoms with Crippen LogP contribution < -0.4 is 4.72 Å². The number of carbonyl (C=O) groups is 1. The van der Waals surface area contributed by atoms with Crippen molar-refractivity contribution in [1.29, 1.82) is 0 Å². The van der Waals surface area contributed by atoms with E-state index in [0.29, 0.717) is 6.54 Å². The molecule has 8 heteroatoms. The second-order valence-electron chi connectivity index (χ2n) is 6.77. The Kier molecular flexibility index (Phi) is 3.48. The predicted octanol–water partition coefficient (Wildman–Crippen LogP) is 1.57. The first kappa shape index (κ1) is 15.4. The van der Waals surface area contributed by atoms with Gasteiger partial charge in [0.25, 0.3) is 10.0 Å². The van der Waals surface area contributed by atoms with Gasteiger partial charge in [-0.05, 0) is 45.2 Å². The van der Waals surface area contributed by atoms with E-state index in [4.69, 9.17) is 9.15 Å². The normalized spacial score (nSPS) is 27.6. The molecule has 3 heterocycles. The summed E-state index contributed by atoms with van der Waals surface area (Å²) in [4.78, 5) is 13.8. The summed E-state index contributed by atoms with van der Waals surface area (Å²) in [6.07, 6.45) is 1.72. The van der Waals surface area contributed by atoms with Gasteiger partial charge in [0.1, 0.15) is 5.60 Å². The van der Waals surface area contributed by atoms with Gasteiger partial charge >= 0.3 is 6.09 Å². The Bertz CT molecular complexity index is 662. The van der Waals surface area contributed by atoms with E-state index >= 15 is 0 Å². The van der Waals surface area contributed by atoms with Crippen LogP contribution in [-0.2, 0) is 14.8 Å². The molecule has 1 N–H and O–H groups in total. The van der Waals surface area contributed by atoms with Crippen LogP contribution in [0.25, 0.3) is 0 Å². The summed E-state index contributed by atoms with van der Waals surface area (Å²) < 4.78 is 37.3. The number of amides is 1. The molecule has 1 aliphatic carbocycles. The first-order valence-electron chi connectivity index (χ1n) is 7.23. The van der Waals surface area contributed by atoms with Crippen LogP contribution in [0, 0.1) is 5.92 Å². The lowest BCUT2D eigenvalue weighted by Crippen LogP contribution is -2.55. The van der Waals surface area contributed by atoms with E-state index in [1.807, 2.05) is 20.8 Å². The molecule has 122 valence electrons. The fraction of sp³-hybridized carbons (Fsp3) is 0.643. The lowest BCUT2D eigenvalue weighted by molar-refractivity contribution is 0.0230. The highest BCUT2D eigenvalue weighted by Gasteiger charge is 2.56. The number of hydrogen-bond acceptors (Lipinski definition) is 5. The number of fused-ring (bicyclic) bond motifs is 1. The molecule has 3 fully saturated rings. The summed E-state index contributed by atoms with van der Waals surface area (Å²) in [5.74, 6) is 0.127. The van der Waals surface area contributed by atoms with Gasteiger partial charge in [-0.1, -0.05) is 0 Å². The van der Waals surface area contributed by atoms with E-state index in [0.717, 1.165) is 6.42 Å². The van der Waals surface area contributed by atoms with Crippen molar-refractivity contribution in [2.45, 2.75) is 50.0 Å². The maximum Gasteiger partial charge on any atom is 0.410 e. The first-order chi connectivity index (χ1) is 10.2. The number of rotatable bonds is 3. The molecule has 3 atom stereocenters. The van der Waals surface area contributed by atoms with E-state index in [1.54, 1.807) is 4.90 Å².